The highest BCUT2D eigenvalue weighted by atomic mass is 15.3. The molecule has 0 saturated carbocycles. The van der Waals surface area contributed by atoms with Gasteiger partial charge in [0.25, 0.3) is 0 Å². The Hall–Kier alpha value is -1.84. The van der Waals surface area contributed by atoms with Gasteiger partial charge in [-0.25, -0.2) is 0 Å². The van der Waals surface area contributed by atoms with Crippen LogP contribution in [0.3, 0.4) is 0 Å². The van der Waals surface area contributed by atoms with Crippen molar-refractivity contribution in [1.29, 1.82) is 0 Å². The molecule has 0 spiro atoms. The monoisotopic (exact) mass is 190 g/mol. The molecule has 2 rings (SSSR count). The smallest absolute Gasteiger partial charge is 0.121 e. The van der Waals surface area contributed by atoms with E-state index in [1.54, 1.807) is 17.1 Å². The van der Waals surface area contributed by atoms with Gasteiger partial charge >= 0.3 is 0 Å². The fourth-order valence-electron chi connectivity index (χ4n) is 0.943. The normalized spacial score (nSPS) is 9.00. The van der Waals surface area contributed by atoms with Crippen molar-refractivity contribution in [2.75, 3.05) is 5.73 Å². The van der Waals surface area contributed by atoms with Crippen molar-refractivity contribution in [3.8, 4) is 0 Å². The number of hydrogen-bond acceptors (Lipinski definition) is 3. The highest BCUT2D eigenvalue weighted by Crippen LogP contribution is 2.00. The van der Waals surface area contributed by atoms with Crippen LogP contribution in [-0.2, 0) is 7.05 Å². The Labute approximate surface area is 83.4 Å². The minimum atomic E-state index is 0.711. The van der Waals surface area contributed by atoms with Gasteiger partial charge in [0, 0.05) is 25.5 Å². The molecule has 2 aromatic rings. The van der Waals surface area contributed by atoms with Gasteiger partial charge < -0.3 is 5.73 Å². The maximum absolute atomic E-state index is 5.44. The Morgan fingerprint density at radius 3 is 2.00 bits per heavy atom. The first-order valence-corrected chi connectivity index (χ1v) is 4.31. The maximum Gasteiger partial charge on any atom is 0.121 e. The van der Waals surface area contributed by atoms with Gasteiger partial charge in [-0.3, -0.25) is 9.67 Å². The van der Waals surface area contributed by atoms with E-state index in [-0.39, 0.29) is 0 Å². The van der Waals surface area contributed by atoms with Gasteiger partial charge in [-0.2, -0.15) is 5.10 Å². The van der Waals surface area contributed by atoms with Gasteiger partial charge in [-0.05, 0) is 19.1 Å². The van der Waals surface area contributed by atoms with Crippen LogP contribution in [0.5, 0.6) is 0 Å². The van der Waals surface area contributed by atoms with Gasteiger partial charge in [0.1, 0.15) is 5.82 Å². The fourth-order valence-corrected chi connectivity index (χ4v) is 0.943. The predicted molar refractivity (Wildman–Crippen MR) is 56.6 cm³/mol. The minimum Gasteiger partial charge on any atom is -0.384 e. The number of nitrogens with two attached hydrogens (primary N) is 1. The molecule has 14 heavy (non-hydrogen) atoms. The summed E-state index contributed by atoms with van der Waals surface area (Å²) >= 11 is 0. The summed E-state index contributed by atoms with van der Waals surface area (Å²) in [6.07, 6.45) is 3.50. The average molecular weight is 190 g/mol. The van der Waals surface area contributed by atoms with E-state index >= 15 is 0 Å². The summed E-state index contributed by atoms with van der Waals surface area (Å²) in [4.78, 5) is 3.78. The highest BCUT2D eigenvalue weighted by molar-refractivity contribution is 5.29. The van der Waals surface area contributed by atoms with Crippen LogP contribution < -0.4 is 5.73 Å². The van der Waals surface area contributed by atoms with E-state index in [0.717, 1.165) is 5.69 Å². The van der Waals surface area contributed by atoms with Crippen molar-refractivity contribution in [3.63, 3.8) is 0 Å². The molecular formula is C10H14N4. The molecule has 0 aliphatic carbocycles. The standard InChI is InChI=1S/C5H9N3.C5H5N/c1-4-3-5(6)8(2)7-4;1-2-4-6-5-3-1/h3H,6H2,1-2H3;1-5H. The number of hydrogen-bond donors (Lipinski definition) is 1. The zero-order valence-electron chi connectivity index (χ0n) is 8.38. The third-order valence-electron chi connectivity index (χ3n) is 1.60. The molecule has 0 saturated heterocycles. The second-order valence-electron chi connectivity index (χ2n) is 2.86. The van der Waals surface area contributed by atoms with E-state index in [4.69, 9.17) is 5.73 Å². The van der Waals surface area contributed by atoms with Crippen LogP contribution >= 0.6 is 0 Å². The van der Waals surface area contributed by atoms with Crippen molar-refractivity contribution in [1.82, 2.24) is 14.8 Å². The summed E-state index contributed by atoms with van der Waals surface area (Å²) in [6, 6.07) is 7.55. The van der Waals surface area contributed by atoms with Crippen molar-refractivity contribution in [2.24, 2.45) is 7.05 Å². The fraction of sp³-hybridized carbons (Fsp3) is 0.200. The van der Waals surface area contributed by atoms with Crippen LogP contribution in [0.1, 0.15) is 5.69 Å². The van der Waals surface area contributed by atoms with Crippen molar-refractivity contribution in [3.05, 3.63) is 42.4 Å². The van der Waals surface area contributed by atoms with E-state index in [0.29, 0.717) is 5.82 Å². The third-order valence-corrected chi connectivity index (χ3v) is 1.60. The number of rotatable bonds is 0. The second-order valence-corrected chi connectivity index (χ2v) is 2.86. The Bertz CT molecular complexity index is 321. The third kappa shape index (κ3) is 3.26. The molecule has 2 heterocycles. The molecule has 0 aromatic carbocycles. The molecule has 0 aliphatic rings. The average Bonchev–Trinajstić information content (AvgIpc) is 2.48. The van der Waals surface area contributed by atoms with Gasteiger partial charge in [-0.1, -0.05) is 6.07 Å². The first kappa shape index (κ1) is 10.2. The quantitative estimate of drug-likeness (QED) is 0.683. The molecule has 0 aliphatic heterocycles. The summed E-state index contributed by atoms with van der Waals surface area (Å²) in [5.74, 6) is 0.711. The molecule has 4 heteroatoms. The van der Waals surface area contributed by atoms with E-state index in [2.05, 4.69) is 10.1 Å². The van der Waals surface area contributed by atoms with Crippen LogP contribution in [0.15, 0.2) is 36.7 Å². The van der Waals surface area contributed by atoms with Crippen LogP contribution in [0.4, 0.5) is 5.82 Å². The maximum atomic E-state index is 5.44. The molecule has 4 nitrogen and oxygen atoms in total. The van der Waals surface area contributed by atoms with E-state index in [1.165, 1.54) is 0 Å². The molecule has 0 atom stereocenters. The Morgan fingerprint density at radius 1 is 1.21 bits per heavy atom. The van der Waals surface area contributed by atoms with Gasteiger partial charge in [0.15, 0.2) is 0 Å². The molecule has 0 bridgehead atoms. The molecule has 2 aromatic heterocycles. The van der Waals surface area contributed by atoms with Crippen LogP contribution in [0.2, 0.25) is 0 Å². The lowest BCUT2D eigenvalue weighted by molar-refractivity contribution is 0.767. The number of nitrogen functional groups attached to an aromatic ring is 1. The zero-order valence-corrected chi connectivity index (χ0v) is 8.38. The summed E-state index contributed by atoms with van der Waals surface area (Å²) in [6.45, 7) is 1.91. The summed E-state index contributed by atoms with van der Waals surface area (Å²) < 4.78 is 1.65. The van der Waals surface area contributed by atoms with Crippen LogP contribution in [-0.4, -0.2) is 14.8 Å². The van der Waals surface area contributed by atoms with Crippen LogP contribution in [0, 0.1) is 6.92 Å². The van der Waals surface area contributed by atoms with Gasteiger partial charge in [0.2, 0.25) is 0 Å². The summed E-state index contributed by atoms with van der Waals surface area (Å²) in [5.41, 5.74) is 6.40. The summed E-state index contributed by atoms with van der Waals surface area (Å²) in [5, 5.41) is 4.00. The van der Waals surface area contributed by atoms with Gasteiger partial charge in [-0.15, -0.1) is 0 Å². The van der Waals surface area contributed by atoms with Crippen LogP contribution in [0.25, 0.3) is 0 Å². The molecule has 0 radical (unpaired) electrons. The number of aromatic nitrogens is 3. The van der Waals surface area contributed by atoms with Crippen molar-refractivity contribution >= 4 is 5.82 Å². The Kier molecular flexibility index (Phi) is 3.67. The second kappa shape index (κ2) is 5.01. The molecule has 0 amide bonds. The summed E-state index contributed by atoms with van der Waals surface area (Å²) in [7, 11) is 1.82. The van der Waals surface area contributed by atoms with Gasteiger partial charge in [0.05, 0.1) is 5.69 Å². The Balaban J connectivity index is 0.000000146. The number of anilines is 1. The van der Waals surface area contributed by atoms with E-state index in [1.807, 2.05) is 38.2 Å². The molecule has 0 unspecified atom stereocenters. The lowest BCUT2D eigenvalue weighted by Gasteiger charge is -1.87. The number of pyridine rings is 1. The molecule has 2 N–H and O–H groups in total. The highest BCUT2D eigenvalue weighted by Gasteiger charge is 1.92. The lowest BCUT2D eigenvalue weighted by Crippen LogP contribution is -1.96. The van der Waals surface area contributed by atoms with Crippen molar-refractivity contribution < 1.29 is 0 Å². The van der Waals surface area contributed by atoms with E-state index < -0.39 is 0 Å². The minimum absolute atomic E-state index is 0.711. The number of nitrogens with zero attached hydrogens (tertiary/aromatic N) is 3. The molecule has 74 valence electrons. The predicted octanol–water partition coefficient (Wildman–Crippen LogP) is 1.39. The van der Waals surface area contributed by atoms with Crippen molar-refractivity contribution in [2.45, 2.75) is 6.92 Å². The topological polar surface area (TPSA) is 56.7 Å². The van der Waals surface area contributed by atoms with E-state index in [9.17, 15) is 0 Å². The SMILES string of the molecule is Cc1cc(N)n(C)n1.c1ccncc1. The first-order chi connectivity index (χ1) is 6.70. The largest absolute Gasteiger partial charge is 0.384 e. The zero-order chi connectivity index (χ0) is 10.4. The Morgan fingerprint density at radius 2 is 1.86 bits per heavy atom. The molecule has 0 fully saturated rings. The first-order valence-electron chi connectivity index (χ1n) is 4.31. The molecular weight excluding hydrogens is 176 g/mol. The lowest BCUT2D eigenvalue weighted by atomic mass is 10.5. The number of aryl methyl sites for hydroxylation is 2.